The summed E-state index contributed by atoms with van der Waals surface area (Å²) in [5.41, 5.74) is 1.92. The van der Waals surface area contributed by atoms with Gasteiger partial charge in [0.25, 0.3) is 5.56 Å². The zero-order chi connectivity index (χ0) is 16.5. The summed E-state index contributed by atoms with van der Waals surface area (Å²) in [5.74, 6) is 1.29. The lowest BCUT2D eigenvalue weighted by molar-refractivity contribution is 0.156. The molecule has 2 aromatic heterocycles. The highest BCUT2D eigenvalue weighted by molar-refractivity contribution is 5.77. The predicted molar refractivity (Wildman–Crippen MR) is 92.9 cm³/mol. The van der Waals surface area contributed by atoms with Crippen LogP contribution in [0.25, 0.3) is 10.9 Å². The Labute approximate surface area is 139 Å². The molecule has 1 aromatic carbocycles. The SMILES string of the molecule is C[C@@H](c1nc2ccccc2c(=O)[nH]1)N1CCC(c2ccn[nH]2)CC1. The average molecular weight is 323 g/mol. The standard InChI is InChI=1S/C18H21N5O/c1-12(17-20-16-5-3-2-4-14(16)18(24)21-17)23-10-7-13(8-11-23)15-6-9-19-22-15/h2-6,9,12-13H,7-8,10-11H2,1H3,(H,19,22)(H,20,21,24)/t12-/m0/s1. The molecule has 124 valence electrons. The molecule has 4 rings (SSSR count). The first-order valence-corrected chi connectivity index (χ1v) is 8.44. The van der Waals surface area contributed by atoms with Crippen molar-refractivity contribution in [3.63, 3.8) is 0 Å². The van der Waals surface area contributed by atoms with Crippen LogP contribution in [0.15, 0.2) is 41.3 Å². The van der Waals surface area contributed by atoms with Gasteiger partial charge >= 0.3 is 0 Å². The topological polar surface area (TPSA) is 77.7 Å². The van der Waals surface area contributed by atoms with Gasteiger partial charge in [-0.2, -0.15) is 5.10 Å². The molecule has 1 saturated heterocycles. The Morgan fingerprint density at radius 2 is 2.00 bits per heavy atom. The normalized spacial score (nSPS) is 18.0. The fourth-order valence-electron chi connectivity index (χ4n) is 3.57. The highest BCUT2D eigenvalue weighted by Gasteiger charge is 2.26. The van der Waals surface area contributed by atoms with Crippen LogP contribution in [0.5, 0.6) is 0 Å². The van der Waals surface area contributed by atoms with Crippen LogP contribution in [0.4, 0.5) is 0 Å². The average Bonchev–Trinajstić information content (AvgIpc) is 3.16. The number of H-pyrrole nitrogens is 2. The summed E-state index contributed by atoms with van der Waals surface area (Å²) in [4.78, 5) is 22.3. The van der Waals surface area contributed by atoms with Crippen molar-refractivity contribution in [1.29, 1.82) is 0 Å². The molecule has 6 heteroatoms. The van der Waals surface area contributed by atoms with Gasteiger partial charge in [0, 0.05) is 17.8 Å². The fraction of sp³-hybridized carbons (Fsp3) is 0.389. The van der Waals surface area contributed by atoms with E-state index in [1.807, 2.05) is 30.5 Å². The Morgan fingerprint density at radius 1 is 1.21 bits per heavy atom. The van der Waals surface area contributed by atoms with Crippen molar-refractivity contribution in [3.05, 3.63) is 58.4 Å². The molecule has 3 heterocycles. The van der Waals surface area contributed by atoms with E-state index in [4.69, 9.17) is 0 Å². The molecule has 24 heavy (non-hydrogen) atoms. The maximum absolute atomic E-state index is 12.3. The number of aromatic nitrogens is 4. The number of likely N-dealkylation sites (tertiary alicyclic amines) is 1. The van der Waals surface area contributed by atoms with Crippen molar-refractivity contribution in [1.82, 2.24) is 25.1 Å². The molecule has 0 radical (unpaired) electrons. The number of nitrogens with zero attached hydrogens (tertiary/aromatic N) is 3. The minimum Gasteiger partial charge on any atom is -0.309 e. The van der Waals surface area contributed by atoms with Crippen LogP contribution >= 0.6 is 0 Å². The molecule has 0 spiro atoms. The molecule has 1 fully saturated rings. The Kier molecular flexibility index (Phi) is 3.90. The second kappa shape index (κ2) is 6.20. The lowest BCUT2D eigenvalue weighted by Crippen LogP contribution is -2.36. The van der Waals surface area contributed by atoms with Gasteiger partial charge in [-0.15, -0.1) is 0 Å². The first-order valence-electron chi connectivity index (χ1n) is 8.44. The Morgan fingerprint density at radius 3 is 2.75 bits per heavy atom. The Hall–Kier alpha value is -2.47. The van der Waals surface area contributed by atoms with Gasteiger partial charge in [0.05, 0.1) is 16.9 Å². The van der Waals surface area contributed by atoms with Gasteiger partial charge in [-0.25, -0.2) is 4.98 Å². The highest BCUT2D eigenvalue weighted by Crippen LogP contribution is 2.30. The van der Waals surface area contributed by atoms with Crippen molar-refractivity contribution >= 4 is 10.9 Å². The molecule has 0 bridgehead atoms. The van der Waals surface area contributed by atoms with E-state index >= 15 is 0 Å². The van der Waals surface area contributed by atoms with E-state index < -0.39 is 0 Å². The summed E-state index contributed by atoms with van der Waals surface area (Å²) in [6.45, 7) is 4.09. The highest BCUT2D eigenvalue weighted by atomic mass is 16.1. The number of hydrogen-bond donors (Lipinski definition) is 2. The number of para-hydroxylation sites is 1. The molecular weight excluding hydrogens is 302 g/mol. The van der Waals surface area contributed by atoms with Crippen molar-refractivity contribution in [2.75, 3.05) is 13.1 Å². The zero-order valence-electron chi connectivity index (χ0n) is 13.7. The molecule has 0 aliphatic carbocycles. The van der Waals surface area contributed by atoms with Crippen molar-refractivity contribution in [2.45, 2.75) is 31.7 Å². The van der Waals surface area contributed by atoms with Gasteiger partial charge < -0.3 is 4.98 Å². The van der Waals surface area contributed by atoms with Crippen LogP contribution in [-0.4, -0.2) is 38.2 Å². The Bertz CT molecular complexity index is 878. The molecular formula is C18H21N5O. The molecule has 1 aliphatic rings. The lowest BCUT2D eigenvalue weighted by atomic mass is 9.93. The second-order valence-corrected chi connectivity index (χ2v) is 6.47. The van der Waals surface area contributed by atoms with E-state index in [0.717, 1.165) is 37.3 Å². The van der Waals surface area contributed by atoms with Gasteiger partial charge in [-0.1, -0.05) is 12.1 Å². The van der Waals surface area contributed by atoms with Crippen LogP contribution in [0.2, 0.25) is 0 Å². The van der Waals surface area contributed by atoms with Crippen molar-refractivity contribution < 1.29 is 0 Å². The molecule has 0 unspecified atom stereocenters. The van der Waals surface area contributed by atoms with E-state index in [-0.39, 0.29) is 11.6 Å². The third kappa shape index (κ3) is 2.73. The molecule has 0 amide bonds. The number of aromatic amines is 2. The van der Waals surface area contributed by atoms with Gasteiger partial charge in [0.15, 0.2) is 0 Å². The quantitative estimate of drug-likeness (QED) is 0.776. The number of hydrogen-bond acceptors (Lipinski definition) is 4. The summed E-state index contributed by atoms with van der Waals surface area (Å²) in [7, 11) is 0. The van der Waals surface area contributed by atoms with E-state index in [1.165, 1.54) is 5.69 Å². The fourth-order valence-corrected chi connectivity index (χ4v) is 3.57. The summed E-state index contributed by atoms with van der Waals surface area (Å²) in [5, 5.41) is 7.78. The first kappa shape index (κ1) is 15.1. The molecule has 2 N–H and O–H groups in total. The number of piperidine rings is 1. The molecule has 1 atom stereocenters. The van der Waals surface area contributed by atoms with Gasteiger partial charge in [-0.3, -0.25) is 14.8 Å². The van der Waals surface area contributed by atoms with Gasteiger partial charge in [-0.05, 0) is 51.1 Å². The van der Waals surface area contributed by atoms with Crippen LogP contribution in [0, 0.1) is 0 Å². The lowest BCUT2D eigenvalue weighted by Gasteiger charge is -2.35. The number of benzene rings is 1. The second-order valence-electron chi connectivity index (χ2n) is 6.47. The van der Waals surface area contributed by atoms with E-state index in [1.54, 1.807) is 0 Å². The number of rotatable bonds is 3. The summed E-state index contributed by atoms with van der Waals surface area (Å²) >= 11 is 0. The number of nitrogens with one attached hydrogen (secondary N) is 2. The Balaban J connectivity index is 1.52. The van der Waals surface area contributed by atoms with E-state index in [0.29, 0.717) is 11.3 Å². The maximum Gasteiger partial charge on any atom is 0.258 e. The van der Waals surface area contributed by atoms with Crippen LogP contribution in [0.1, 0.15) is 43.2 Å². The smallest absolute Gasteiger partial charge is 0.258 e. The van der Waals surface area contributed by atoms with Crippen LogP contribution < -0.4 is 5.56 Å². The van der Waals surface area contributed by atoms with E-state index in [2.05, 4.69) is 38.1 Å². The summed E-state index contributed by atoms with van der Waals surface area (Å²) in [6, 6.07) is 9.65. The van der Waals surface area contributed by atoms with Crippen molar-refractivity contribution in [2.24, 2.45) is 0 Å². The molecule has 6 nitrogen and oxygen atoms in total. The van der Waals surface area contributed by atoms with Crippen LogP contribution in [0.3, 0.4) is 0 Å². The van der Waals surface area contributed by atoms with E-state index in [9.17, 15) is 4.79 Å². The zero-order valence-corrected chi connectivity index (χ0v) is 13.7. The maximum atomic E-state index is 12.3. The molecule has 3 aromatic rings. The van der Waals surface area contributed by atoms with Gasteiger partial charge in [0.1, 0.15) is 5.82 Å². The third-order valence-corrected chi connectivity index (χ3v) is 5.07. The van der Waals surface area contributed by atoms with Gasteiger partial charge in [0.2, 0.25) is 0 Å². The summed E-state index contributed by atoms with van der Waals surface area (Å²) < 4.78 is 0. The first-order chi connectivity index (χ1) is 11.7. The number of fused-ring (bicyclic) bond motifs is 1. The van der Waals surface area contributed by atoms with Crippen molar-refractivity contribution in [3.8, 4) is 0 Å². The monoisotopic (exact) mass is 323 g/mol. The minimum absolute atomic E-state index is 0.0604. The molecule has 1 aliphatic heterocycles. The predicted octanol–water partition coefficient (Wildman–Crippen LogP) is 2.59. The summed E-state index contributed by atoms with van der Waals surface area (Å²) in [6.07, 6.45) is 3.99. The molecule has 0 saturated carbocycles. The van der Waals surface area contributed by atoms with Crippen LogP contribution in [-0.2, 0) is 0 Å². The third-order valence-electron chi connectivity index (χ3n) is 5.07. The minimum atomic E-state index is -0.0604. The largest absolute Gasteiger partial charge is 0.309 e.